The molecule has 1 nitrogen and oxygen atoms in total. The molecule has 0 saturated carbocycles. The van der Waals surface area contributed by atoms with E-state index in [1.165, 1.54) is 11.1 Å². The first-order chi connectivity index (χ1) is 8.49. The smallest absolute Gasteiger partial charge is 0.0613 e. The van der Waals surface area contributed by atoms with Crippen molar-refractivity contribution in [3.63, 3.8) is 0 Å². The summed E-state index contributed by atoms with van der Waals surface area (Å²) >= 11 is 0. The Morgan fingerprint density at radius 1 is 0.722 bits per heavy atom. The standard InChI is InChI=1S/C16H18OP/c1-11-5-7-15(13(3)9-11)18(17)16-8-6-12(2)10-14(16)4/h5-10H,1-4H3/q+1. The van der Waals surface area contributed by atoms with E-state index in [4.69, 9.17) is 0 Å². The molecule has 0 aliphatic rings. The van der Waals surface area contributed by atoms with Gasteiger partial charge in [0, 0.05) is 11.1 Å². The highest BCUT2D eigenvalue weighted by Crippen LogP contribution is 2.24. The predicted molar refractivity (Wildman–Crippen MR) is 78.7 cm³/mol. The van der Waals surface area contributed by atoms with E-state index in [-0.39, 0.29) is 0 Å². The van der Waals surface area contributed by atoms with Crippen molar-refractivity contribution in [3.8, 4) is 0 Å². The lowest BCUT2D eigenvalue weighted by Gasteiger charge is -2.00. The molecule has 18 heavy (non-hydrogen) atoms. The van der Waals surface area contributed by atoms with Crippen LogP contribution < -0.4 is 10.6 Å². The molecule has 0 fully saturated rings. The van der Waals surface area contributed by atoms with Gasteiger partial charge in [-0.3, -0.25) is 0 Å². The molecule has 2 aromatic carbocycles. The second kappa shape index (κ2) is 5.04. The van der Waals surface area contributed by atoms with Crippen LogP contribution in [-0.2, 0) is 4.57 Å². The SMILES string of the molecule is Cc1ccc([P+](=O)c2ccc(C)cc2C)c(C)c1. The summed E-state index contributed by atoms with van der Waals surface area (Å²) < 4.78 is 12.7. The molecular formula is C16H18OP+. The monoisotopic (exact) mass is 257 g/mol. The largest absolute Gasteiger partial charge is 0.415 e. The summed E-state index contributed by atoms with van der Waals surface area (Å²) in [6, 6.07) is 12.2. The molecule has 0 unspecified atom stereocenters. The molecule has 2 heteroatoms. The fraction of sp³-hybridized carbons (Fsp3) is 0.250. The minimum absolute atomic E-state index is 0.947. The van der Waals surface area contributed by atoms with Crippen molar-refractivity contribution in [1.29, 1.82) is 0 Å². The van der Waals surface area contributed by atoms with Gasteiger partial charge in [0.15, 0.2) is 10.6 Å². The first-order valence-corrected chi connectivity index (χ1v) is 7.37. The Hall–Kier alpha value is -1.46. The summed E-state index contributed by atoms with van der Waals surface area (Å²) in [5.74, 6) is 0. The van der Waals surface area contributed by atoms with E-state index < -0.39 is 7.80 Å². The number of hydrogen-bond acceptors (Lipinski definition) is 1. The molecule has 2 aromatic rings. The van der Waals surface area contributed by atoms with Crippen molar-refractivity contribution in [2.75, 3.05) is 0 Å². The van der Waals surface area contributed by atoms with Crippen LogP contribution in [0.15, 0.2) is 36.4 Å². The molecular weight excluding hydrogens is 239 g/mol. The number of benzene rings is 2. The van der Waals surface area contributed by atoms with Crippen LogP contribution in [0, 0.1) is 27.7 Å². The van der Waals surface area contributed by atoms with Crippen LogP contribution in [0.4, 0.5) is 0 Å². The first kappa shape index (κ1) is 13.0. The van der Waals surface area contributed by atoms with Crippen LogP contribution >= 0.6 is 7.80 Å². The van der Waals surface area contributed by atoms with Gasteiger partial charge in [-0.15, -0.1) is 0 Å². The quantitative estimate of drug-likeness (QED) is 0.750. The van der Waals surface area contributed by atoms with Crippen molar-refractivity contribution in [2.45, 2.75) is 27.7 Å². The van der Waals surface area contributed by atoms with E-state index in [1.807, 2.05) is 38.1 Å². The van der Waals surface area contributed by atoms with Crippen LogP contribution in [0.1, 0.15) is 22.3 Å². The average Bonchev–Trinajstić information content (AvgIpc) is 2.28. The normalized spacial score (nSPS) is 10.4. The maximum Gasteiger partial charge on any atom is 0.415 e. The summed E-state index contributed by atoms with van der Waals surface area (Å²) in [6.45, 7) is 8.17. The second-order valence-corrected chi connectivity index (χ2v) is 6.43. The van der Waals surface area contributed by atoms with E-state index in [0.717, 1.165) is 21.7 Å². The molecule has 0 saturated heterocycles. The first-order valence-electron chi connectivity index (χ1n) is 6.11. The molecule has 0 bridgehead atoms. The molecule has 0 heterocycles. The lowest BCUT2D eigenvalue weighted by molar-refractivity contribution is 0.598. The topological polar surface area (TPSA) is 17.1 Å². The second-order valence-electron chi connectivity index (χ2n) is 4.87. The highest BCUT2D eigenvalue weighted by molar-refractivity contribution is 7.61. The summed E-state index contributed by atoms with van der Waals surface area (Å²) in [5, 5.41) is 1.89. The van der Waals surface area contributed by atoms with Crippen molar-refractivity contribution in [3.05, 3.63) is 58.7 Å². The van der Waals surface area contributed by atoms with Gasteiger partial charge in [0.25, 0.3) is 0 Å². The van der Waals surface area contributed by atoms with Gasteiger partial charge in [0.2, 0.25) is 0 Å². The Labute approximate surface area is 110 Å². The van der Waals surface area contributed by atoms with Gasteiger partial charge >= 0.3 is 7.80 Å². The van der Waals surface area contributed by atoms with E-state index >= 15 is 0 Å². The van der Waals surface area contributed by atoms with Crippen molar-refractivity contribution in [2.24, 2.45) is 0 Å². The van der Waals surface area contributed by atoms with Gasteiger partial charge in [-0.1, -0.05) is 40.0 Å². The van der Waals surface area contributed by atoms with Crippen LogP contribution in [0.2, 0.25) is 0 Å². The summed E-state index contributed by atoms with van der Waals surface area (Å²) in [4.78, 5) is 0. The molecule has 92 valence electrons. The molecule has 0 atom stereocenters. The maximum absolute atomic E-state index is 12.7. The molecule has 0 amide bonds. The molecule has 2 rings (SSSR count). The van der Waals surface area contributed by atoms with Gasteiger partial charge in [-0.05, 0) is 39.8 Å². The van der Waals surface area contributed by atoms with Crippen LogP contribution in [0.5, 0.6) is 0 Å². The van der Waals surface area contributed by atoms with Crippen LogP contribution in [0.3, 0.4) is 0 Å². The molecule has 0 aromatic heterocycles. The van der Waals surface area contributed by atoms with Gasteiger partial charge in [-0.25, -0.2) is 0 Å². The molecule has 0 aliphatic heterocycles. The Morgan fingerprint density at radius 3 is 1.44 bits per heavy atom. The van der Waals surface area contributed by atoms with Crippen LogP contribution in [0.25, 0.3) is 0 Å². The third-order valence-electron chi connectivity index (χ3n) is 3.14. The molecule has 0 spiro atoms. The molecule has 0 N–H and O–H groups in total. The minimum Gasteiger partial charge on any atom is -0.0613 e. The molecule has 0 aliphatic carbocycles. The third kappa shape index (κ3) is 2.52. The zero-order valence-electron chi connectivity index (χ0n) is 11.3. The van der Waals surface area contributed by atoms with E-state index in [1.54, 1.807) is 0 Å². The fourth-order valence-corrected chi connectivity index (χ4v) is 3.65. The Balaban J connectivity index is 2.48. The van der Waals surface area contributed by atoms with E-state index in [2.05, 4.69) is 26.0 Å². The highest BCUT2D eigenvalue weighted by atomic mass is 31.1. The maximum atomic E-state index is 12.7. The zero-order chi connectivity index (χ0) is 13.3. The zero-order valence-corrected chi connectivity index (χ0v) is 12.2. The number of rotatable bonds is 2. The van der Waals surface area contributed by atoms with Gasteiger partial charge in [0.05, 0.1) is 0 Å². The van der Waals surface area contributed by atoms with Gasteiger partial charge < -0.3 is 0 Å². The lowest BCUT2D eigenvalue weighted by Crippen LogP contribution is -2.12. The number of aryl methyl sites for hydroxylation is 4. The Bertz CT molecular complexity index is 561. The fourth-order valence-electron chi connectivity index (χ4n) is 2.20. The van der Waals surface area contributed by atoms with Gasteiger partial charge in [-0.2, -0.15) is 0 Å². The minimum atomic E-state index is -1.49. The molecule has 0 radical (unpaired) electrons. The number of hydrogen-bond donors (Lipinski definition) is 0. The van der Waals surface area contributed by atoms with E-state index in [9.17, 15) is 4.57 Å². The summed E-state index contributed by atoms with van der Waals surface area (Å²) in [7, 11) is -1.49. The highest BCUT2D eigenvalue weighted by Gasteiger charge is 2.27. The van der Waals surface area contributed by atoms with Crippen molar-refractivity contribution in [1.82, 2.24) is 0 Å². The third-order valence-corrected chi connectivity index (χ3v) is 5.02. The predicted octanol–water partition coefficient (Wildman–Crippen LogP) is 3.70. The van der Waals surface area contributed by atoms with E-state index in [0.29, 0.717) is 0 Å². The average molecular weight is 257 g/mol. The lowest BCUT2D eigenvalue weighted by atomic mass is 10.2. The Morgan fingerprint density at radius 2 is 1.11 bits per heavy atom. The van der Waals surface area contributed by atoms with Crippen LogP contribution in [-0.4, -0.2) is 0 Å². The van der Waals surface area contributed by atoms with Gasteiger partial charge in [0.1, 0.15) is 0 Å². The van der Waals surface area contributed by atoms with Crippen molar-refractivity contribution < 1.29 is 4.57 Å². The summed E-state index contributed by atoms with van der Waals surface area (Å²) in [6.07, 6.45) is 0. The Kier molecular flexibility index (Phi) is 3.63. The summed E-state index contributed by atoms with van der Waals surface area (Å²) in [5.41, 5.74) is 4.63. The van der Waals surface area contributed by atoms with Crippen molar-refractivity contribution >= 4 is 18.4 Å².